The summed E-state index contributed by atoms with van der Waals surface area (Å²) in [4.78, 5) is 17.8. The molecule has 1 saturated heterocycles. The molecule has 1 amide bonds. The van der Waals surface area contributed by atoms with Gasteiger partial charge in [0, 0.05) is 54.6 Å². The topological polar surface area (TPSA) is 175 Å². The molecule has 0 bridgehead atoms. The molecule has 5 N–H and O–H groups in total. The quantitative estimate of drug-likeness (QED) is 0.0730. The van der Waals surface area contributed by atoms with Gasteiger partial charge in [0.15, 0.2) is 11.5 Å². The number of phenols is 2. The first kappa shape index (κ1) is 32.4. The van der Waals surface area contributed by atoms with Gasteiger partial charge in [-0.25, -0.2) is 14.9 Å². The number of piperidine rings is 1. The number of nitriles is 2. The lowest BCUT2D eigenvalue weighted by Crippen LogP contribution is -2.42. The zero-order chi connectivity index (χ0) is 33.5. The Labute approximate surface area is 270 Å². The molecule has 0 spiro atoms. The molecule has 0 unspecified atom stereocenters. The zero-order valence-electron chi connectivity index (χ0n) is 25.4. The Balaban J connectivity index is 1.39. The number of phenolic OH excluding ortho intramolecular Hbond substituents is 2. The highest BCUT2D eigenvalue weighted by Crippen LogP contribution is 2.47. The van der Waals surface area contributed by atoms with E-state index >= 15 is 0 Å². The van der Waals surface area contributed by atoms with Crippen LogP contribution in [0.5, 0.6) is 17.2 Å². The number of rotatable bonds is 9. The third-order valence-electron chi connectivity index (χ3n) is 8.08. The third-order valence-corrected chi connectivity index (χ3v) is 8.08. The van der Waals surface area contributed by atoms with E-state index < -0.39 is 23.2 Å². The van der Waals surface area contributed by atoms with Gasteiger partial charge in [0.05, 0.1) is 12.7 Å². The molecule has 47 heavy (non-hydrogen) atoms. The monoisotopic (exact) mass is 634 g/mol. The molecule has 1 aromatic heterocycles. The number of pyridine rings is 1. The molecule has 2 heterocycles. The van der Waals surface area contributed by atoms with Crippen LogP contribution in [0, 0.1) is 28.5 Å². The summed E-state index contributed by atoms with van der Waals surface area (Å²) in [6.45, 7) is 1.81. The smallest absolute Gasteiger partial charge is 0.267 e. The summed E-state index contributed by atoms with van der Waals surface area (Å²) in [6.07, 6.45) is 5.85. The van der Waals surface area contributed by atoms with E-state index in [-0.39, 0.29) is 28.5 Å². The number of aromatic hydroxyl groups is 2. The van der Waals surface area contributed by atoms with Crippen LogP contribution in [0.2, 0.25) is 0 Å². The number of carbonyl (C=O) groups excluding carboxylic acids is 1. The van der Waals surface area contributed by atoms with Gasteiger partial charge in [-0.05, 0) is 59.9 Å². The summed E-state index contributed by atoms with van der Waals surface area (Å²) in [7, 11) is 1.35. The first-order valence-corrected chi connectivity index (χ1v) is 14.7. The number of carbonyl (C=O) groups is 1. The van der Waals surface area contributed by atoms with E-state index in [4.69, 9.17) is 9.94 Å². The second kappa shape index (κ2) is 14.4. The van der Waals surface area contributed by atoms with E-state index in [2.05, 4.69) is 16.4 Å². The number of benzene rings is 3. The van der Waals surface area contributed by atoms with Crippen LogP contribution in [0.3, 0.4) is 0 Å². The molecule has 5 rings (SSSR count). The highest BCUT2D eigenvalue weighted by atomic mass is 19.1. The predicted molar refractivity (Wildman–Crippen MR) is 172 cm³/mol. The summed E-state index contributed by atoms with van der Waals surface area (Å²) >= 11 is 0. The van der Waals surface area contributed by atoms with Crippen LogP contribution in [0.1, 0.15) is 35.1 Å². The molecule has 1 aliphatic rings. The molecule has 12 heteroatoms. The van der Waals surface area contributed by atoms with Gasteiger partial charge >= 0.3 is 0 Å². The van der Waals surface area contributed by atoms with E-state index in [0.29, 0.717) is 42.1 Å². The molecule has 3 aromatic carbocycles. The minimum Gasteiger partial charge on any atom is -0.504 e. The second-order valence-corrected chi connectivity index (χ2v) is 10.9. The van der Waals surface area contributed by atoms with Gasteiger partial charge in [0.25, 0.3) is 5.91 Å². The number of anilines is 1. The third kappa shape index (κ3) is 6.99. The van der Waals surface area contributed by atoms with E-state index in [0.717, 1.165) is 24.0 Å². The summed E-state index contributed by atoms with van der Waals surface area (Å²) in [5.74, 6) is -1.87. The van der Waals surface area contributed by atoms with Gasteiger partial charge in [-0.3, -0.25) is 10.0 Å². The van der Waals surface area contributed by atoms with Crippen molar-refractivity contribution < 1.29 is 29.3 Å². The van der Waals surface area contributed by atoms with Crippen LogP contribution in [0.4, 0.5) is 10.2 Å². The molecule has 0 aliphatic carbocycles. The van der Waals surface area contributed by atoms with Crippen LogP contribution < -0.4 is 20.4 Å². The van der Waals surface area contributed by atoms with Crippen LogP contribution in [0.25, 0.3) is 28.3 Å². The molecular weight excluding hydrogens is 603 g/mol. The lowest BCUT2D eigenvalue weighted by atomic mass is 9.90. The molecule has 1 fully saturated rings. The number of ether oxygens (including phenoxy) is 1. The van der Waals surface area contributed by atoms with Crippen molar-refractivity contribution in [1.29, 1.82) is 10.5 Å². The van der Waals surface area contributed by atoms with Crippen LogP contribution in [-0.2, 0) is 11.3 Å². The fourth-order valence-corrected chi connectivity index (χ4v) is 5.57. The summed E-state index contributed by atoms with van der Waals surface area (Å²) in [5.41, 5.74) is 4.52. The van der Waals surface area contributed by atoms with Crippen molar-refractivity contribution in [1.82, 2.24) is 15.8 Å². The van der Waals surface area contributed by atoms with Crippen molar-refractivity contribution in [3.8, 4) is 51.6 Å². The number of nitrogens with one attached hydrogen (secondary N) is 2. The average Bonchev–Trinajstić information content (AvgIpc) is 3.10. The van der Waals surface area contributed by atoms with Crippen molar-refractivity contribution in [3.05, 3.63) is 94.9 Å². The van der Waals surface area contributed by atoms with Crippen molar-refractivity contribution in [2.24, 2.45) is 0 Å². The Hall–Kier alpha value is -5.95. The van der Waals surface area contributed by atoms with Crippen molar-refractivity contribution in [2.75, 3.05) is 25.1 Å². The Kier molecular flexibility index (Phi) is 9.96. The van der Waals surface area contributed by atoms with E-state index in [9.17, 15) is 29.9 Å². The number of hydrogen-bond acceptors (Lipinski definition) is 10. The largest absolute Gasteiger partial charge is 0.504 e. The van der Waals surface area contributed by atoms with E-state index in [1.54, 1.807) is 17.6 Å². The van der Waals surface area contributed by atoms with Crippen LogP contribution in [-0.4, -0.2) is 52.6 Å². The van der Waals surface area contributed by atoms with Gasteiger partial charge < -0.3 is 25.2 Å². The molecular formula is C35H31FN6O5. The number of amides is 1. The maximum absolute atomic E-state index is 14.9. The van der Waals surface area contributed by atoms with Crippen LogP contribution in [0.15, 0.2) is 66.9 Å². The first-order valence-electron chi connectivity index (χ1n) is 14.7. The van der Waals surface area contributed by atoms with Gasteiger partial charge in [0.1, 0.15) is 29.3 Å². The molecule has 238 valence electrons. The van der Waals surface area contributed by atoms with Gasteiger partial charge in [0.2, 0.25) is 5.75 Å². The van der Waals surface area contributed by atoms with E-state index in [1.165, 1.54) is 49.7 Å². The number of hydrogen-bond donors (Lipinski definition) is 5. The standard InChI is InChI=1S/C35H31FN6O5/c1-47-30-10-9-26(33(44)34(30)45)28-20-40-35(27(18-38)32(28)23-7-8-24(17-37)29(36)16-23)42-14-12-25(13-15-42)39-19-22-4-2-21(3-5-22)6-11-31(43)41-46/h2-11,16,20,25,39,44-46H,12-15,19H2,1H3,(H,41,43)/b11-6+. The van der Waals surface area contributed by atoms with Gasteiger partial charge in [-0.15, -0.1) is 0 Å². The van der Waals surface area contributed by atoms with Crippen molar-refractivity contribution >= 4 is 17.8 Å². The minimum atomic E-state index is -0.757. The van der Waals surface area contributed by atoms with Gasteiger partial charge in [-0.2, -0.15) is 10.5 Å². The summed E-state index contributed by atoms with van der Waals surface area (Å²) < 4.78 is 20.0. The fraction of sp³-hybridized carbons (Fsp3) is 0.200. The van der Waals surface area contributed by atoms with E-state index in [1.807, 2.05) is 29.2 Å². The number of methoxy groups -OCH3 is 1. The lowest BCUT2D eigenvalue weighted by molar-refractivity contribution is -0.124. The number of nitrogens with zero attached hydrogens (tertiary/aromatic N) is 4. The summed E-state index contributed by atoms with van der Waals surface area (Å²) in [6, 6.07) is 18.9. The number of aromatic nitrogens is 1. The maximum atomic E-state index is 14.9. The Morgan fingerprint density at radius 2 is 1.81 bits per heavy atom. The normalized spacial score (nSPS) is 13.3. The highest BCUT2D eigenvalue weighted by molar-refractivity contribution is 5.93. The maximum Gasteiger partial charge on any atom is 0.267 e. The molecule has 0 saturated carbocycles. The average molecular weight is 635 g/mol. The lowest BCUT2D eigenvalue weighted by Gasteiger charge is -2.34. The SMILES string of the molecule is COc1ccc(-c2cnc(N3CCC(NCc4ccc(/C=C/C(=O)NO)cc4)CC3)c(C#N)c2-c2ccc(C#N)c(F)c2)c(O)c1O. The van der Waals surface area contributed by atoms with Crippen LogP contribution >= 0.6 is 0 Å². The second-order valence-electron chi connectivity index (χ2n) is 10.9. The predicted octanol–water partition coefficient (Wildman–Crippen LogP) is 5.00. The minimum absolute atomic E-state index is 0.0534. The molecule has 11 nitrogen and oxygen atoms in total. The Morgan fingerprint density at radius 1 is 1.06 bits per heavy atom. The Morgan fingerprint density at radius 3 is 2.45 bits per heavy atom. The van der Waals surface area contributed by atoms with Crippen molar-refractivity contribution in [2.45, 2.75) is 25.4 Å². The number of hydroxylamine groups is 1. The molecule has 0 atom stereocenters. The fourth-order valence-electron chi connectivity index (χ4n) is 5.57. The zero-order valence-corrected chi connectivity index (χ0v) is 25.4. The number of halogens is 1. The highest BCUT2D eigenvalue weighted by Gasteiger charge is 2.27. The van der Waals surface area contributed by atoms with Crippen molar-refractivity contribution in [3.63, 3.8) is 0 Å². The molecule has 0 radical (unpaired) electrons. The molecule has 4 aromatic rings. The molecule has 1 aliphatic heterocycles. The summed E-state index contributed by atoms with van der Waals surface area (Å²) in [5, 5.41) is 53.3. The van der Waals surface area contributed by atoms with Gasteiger partial charge in [-0.1, -0.05) is 30.3 Å². The first-order chi connectivity index (χ1) is 22.8. The Bertz CT molecular complexity index is 1910.